The molecule has 0 aliphatic heterocycles. The van der Waals surface area contributed by atoms with Gasteiger partial charge in [-0.1, -0.05) is 83.9 Å². The summed E-state index contributed by atoms with van der Waals surface area (Å²) in [5.74, 6) is 0. The Morgan fingerprint density at radius 3 is 1.80 bits per heavy atom. The molecule has 128 valence electrons. The van der Waals surface area contributed by atoms with Crippen molar-refractivity contribution >= 4 is 23.2 Å². The van der Waals surface area contributed by atoms with Crippen molar-refractivity contribution in [2.45, 2.75) is 26.6 Å². The molecule has 0 spiro atoms. The molecule has 3 aromatic rings. The van der Waals surface area contributed by atoms with Gasteiger partial charge in [0.2, 0.25) is 0 Å². The smallest absolute Gasteiger partial charge is 0.130 e. The van der Waals surface area contributed by atoms with Crippen LogP contribution >= 0.6 is 23.2 Å². The number of hydrogen-bond acceptors (Lipinski definition) is 2. The van der Waals surface area contributed by atoms with E-state index in [1.54, 1.807) is 6.07 Å². The minimum Gasteiger partial charge on any atom is -0.290 e. The normalized spacial score (nSPS) is 11.0. The van der Waals surface area contributed by atoms with E-state index in [2.05, 4.69) is 58.4 Å². The van der Waals surface area contributed by atoms with Crippen LogP contribution < -0.4 is 0 Å². The number of pyridine rings is 1. The van der Waals surface area contributed by atoms with E-state index in [0.29, 0.717) is 10.2 Å². The van der Waals surface area contributed by atoms with Gasteiger partial charge in [0.15, 0.2) is 0 Å². The topological polar surface area (TPSA) is 16.1 Å². The maximum atomic E-state index is 6.43. The van der Waals surface area contributed by atoms with Gasteiger partial charge in [0.25, 0.3) is 0 Å². The van der Waals surface area contributed by atoms with Gasteiger partial charge in [0, 0.05) is 35.9 Å². The van der Waals surface area contributed by atoms with E-state index in [9.17, 15) is 0 Å². The third-order valence-corrected chi connectivity index (χ3v) is 4.66. The zero-order chi connectivity index (χ0) is 17.6. The lowest BCUT2D eigenvalue weighted by molar-refractivity contribution is 0.247. The third kappa shape index (κ3) is 5.05. The minimum atomic E-state index is 0.434. The van der Waals surface area contributed by atoms with Crippen LogP contribution in [-0.4, -0.2) is 9.88 Å². The Bertz CT molecular complexity index is 755. The van der Waals surface area contributed by atoms with E-state index in [4.69, 9.17) is 23.2 Å². The average Bonchev–Trinajstić information content (AvgIpc) is 2.60. The van der Waals surface area contributed by atoms with Crippen LogP contribution in [-0.2, 0) is 19.6 Å². The van der Waals surface area contributed by atoms with Crippen LogP contribution in [0.25, 0.3) is 0 Å². The maximum absolute atomic E-state index is 6.43. The summed E-state index contributed by atoms with van der Waals surface area (Å²) in [6.07, 6.45) is 0. The zero-order valence-electron chi connectivity index (χ0n) is 14.1. The Hall–Kier alpha value is -1.87. The summed E-state index contributed by atoms with van der Waals surface area (Å²) in [5.41, 5.74) is 4.45. The molecule has 3 rings (SSSR count). The van der Waals surface area contributed by atoms with Gasteiger partial charge in [0.05, 0.1) is 0 Å². The van der Waals surface area contributed by atoms with Gasteiger partial charge >= 0.3 is 0 Å². The molecule has 1 heterocycles. The second-order valence-corrected chi connectivity index (χ2v) is 6.90. The first kappa shape index (κ1) is 17.9. The molecule has 0 aliphatic carbocycles. The highest BCUT2D eigenvalue weighted by Gasteiger charge is 2.14. The summed E-state index contributed by atoms with van der Waals surface area (Å²) >= 11 is 12.4. The Kier molecular flexibility index (Phi) is 6.09. The molecule has 0 amide bonds. The molecule has 2 aromatic carbocycles. The fourth-order valence-corrected chi connectivity index (χ4v) is 3.48. The van der Waals surface area contributed by atoms with Crippen molar-refractivity contribution in [1.82, 2.24) is 9.88 Å². The molecular formula is C21H20Cl2N2. The number of halogens is 2. The van der Waals surface area contributed by atoms with Crippen LogP contribution in [0.3, 0.4) is 0 Å². The molecule has 0 aliphatic rings. The van der Waals surface area contributed by atoms with Gasteiger partial charge in [0.1, 0.15) is 5.15 Å². The highest BCUT2D eigenvalue weighted by Crippen LogP contribution is 2.25. The Morgan fingerprint density at radius 1 is 0.800 bits per heavy atom. The highest BCUT2D eigenvalue weighted by atomic mass is 35.5. The molecule has 4 heteroatoms. The van der Waals surface area contributed by atoms with Crippen molar-refractivity contribution in [2.24, 2.45) is 0 Å². The van der Waals surface area contributed by atoms with E-state index >= 15 is 0 Å². The van der Waals surface area contributed by atoms with Gasteiger partial charge in [-0.2, -0.15) is 0 Å². The van der Waals surface area contributed by atoms with Crippen molar-refractivity contribution in [3.63, 3.8) is 0 Å². The number of hydrogen-bond donors (Lipinski definition) is 0. The lowest BCUT2D eigenvalue weighted by atomic mass is 10.1. The monoisotopic (exact) mass is 370 g/mol. The van der Waals surface area contributed by atoms with E-state index in [1.165, 1.54) is 11.1 Å². The molecule has 0 N–H and O–H groups in total. The summed E-state index contributed by atoms with van der Waals surface area (Å²) < 4.78 is 0. The molecule has 0 unspecified atom stereocenters. The Labute approximate surface area is 159 Å². The molecule has 0 bridgehead atoms. The molecular weight excluding hydrogens is 351 g/mol. The summed E-state index contributed by atoms with van der Waals surface area (Å²) in [4.78, 5) is 6.73. The first-order chi connectivity index (χ1) is 12.1. The SMILES string of the molecule is Cc1nc(Cl)cc(Cl)c1CN(Cc1ccccc1)Cc1ccccc1. The van der Waals surface area contributed by atoms with E-state index < -0.39 is 0 Å². The fourth-order valence-electron chi connectivity index (χ4n) is 2.89. The zero-order valence-corrected chi connectivity index (χ0v) is 15.6. The Morgan fingerprint density at radius 2 is 1.32 bits per heavy atom. The average molecular weight is 371 g/mol. The molecule has 0 fully saturated rings. The Balaban J connectivity index is 1.85. The molecule has 0 radical (unpaired) electrons. The second-order valence-electron chi connectivity index (χ2n) is 6.11. The number of rotatable bonds is 6. The van der Waals surface area contributed by atoms with Gasteiger partial charge in [-0.15, -0.1) is 0 Å². The van der Waals surface area contributed by atoms with E-state index in [0.717, 1.165) is 30.9 Å². The van der Waals surface area contributed by atoms with Crippen LogP contribution in [0.5, 0.6) is 0 Å². The summed E-state index contributed by atoms with van der Waals surface area (Å²) in [6, 6.07) is 22.6. The maximum Gasteiger partial charge on any atom is 0.130 e. The standard InChI is InChI=1S/C21H20Cl2N2/c1-16-19(20(22)12-21(23)24-16)15-25(13-17-8-4-2-5-9-17)14-18-10-6-3-7-11-18/h2-12H,13-15H2,1H3. The molecule has 2 nitrogen and oxygen atoms in total. The number of nitrogens with zero attached hydrogens (tertiary/aromatic N) is 2. The van der Waals surface area contributed by atoms with Crippen LogP contribution in [0.15, 0.2) is 66.7 Å². The molecule has 0 saturated carbocycles. The quantitative estimate of drug-likeness (QED) is 0.502. The largest absolute Gasteiger partial charge is 0.290 e. The first-order valence-corrected chi connectivity index (χ1v) is 8.99. The molecule has 0 atom stereocenters. The number of aryl methyl sites for hydroxylation is 1. The van der Waals surface area contributed by atoms with Crippen molar-refractivity contribution in [3.05, 3.63) is 99.3 Å². The first-order valence-electron chi connectivity index (χ1n) is 8.23. The van der Waals surface area contributed by atoms with Crippen molar-refractivity contribution in [2.75, 3.05) is 0 Å². The van der Waals surface area contributed by atoms with Gasteiger partial charge in [-0.05, 0) is 24.1 Å². The summed E-state index contributed by atoms with van der Waals surface area (Å²) in [5, 5.41) is 1.10. The van der Waals surface area contributed by atoms with Gasteiger partial charge in [-0.25, -0.2) is 4.98 Å². The van der Waals surface area contributed by atoms with Crippen LogP contribution in [0.2, 0.25) is 10.2 Å². The molecule has 25 heavy (non-hydrogen) atoms. The van der Waals surface area contributed by atoms with Crippen molar-refractivity contribution < 1.29 is 0 Å². The van der Waals surface area contributed by atoms with Crippen LogP contribution in [0, 0.1) is 6.92 Å². The minimum absolute atomic E-state index is 0.434. The summed E-state index contributed by atoms with van der Waals surface area (Å²) in [7, 11) is 0. The van der Waals surface area contributed by atoms with Gasteiger partial charge in [-0.3, -0.25) is 4.90 Å². The van der Waals surface area contributed by atoms with Crippen molar-refractivity contribution in [3.8, 4) is 0 Å². The van der Waals surface area contributed by atoms with Crippen LogP contribution in [0.4, 0.5) is 0 Å². The third-order valence-electron chi connectivity index (χ3n) is 4.13. The lowest BCUT2D eigenvalue weighted by Gasteiger charge is -2.24. The highest BCUT2D eigenvalue weighted by molar-refractivity contribution is 6.34. The van der Waals surface area contributed by atoms with E-state index in [1.807, 2.05) is 19.1 Å². The van der Waals surface area contributed by atoms with Crippen LogP contribution in [0.1, 0.15) is 22.4 Å². The lowest BCUT2D eigenvalue weighted by Crippen LogP contribution is -2.23. The number of benzene rings is 2. The van der Waals surface area contributed by atoms with Gasteiger partial charge < -0.3 is 0 Å². The van der Waals surface area contributed by atoms with E-state index in [-0.39, 0.29) is 0 Å². The molecule has 1 aromatic heterocycles. The predicted molar refractivity (Wildman–Crippen MR) is 105 cm³/mol. The fraction of sp³-hybridized carbons (Fsp3) is 0.190. The second kappa shape index (κ2) is 8.48. The number of aromatic nitrogens is 1. The summed E-state index contributed by atoms with van der Waals surface area (Å²) in [6.45, 7) is 4.36. The molecule has 0 saturated heterocycles. The predicted octanol–water partition coefficient (Wildman–Crippen LogP) is 5.90. The van der Waals surface area contributed by atoms with Crippen molar-refractivity contribution in [1.29, 1.82) is 0 Å².